The Balaban J connectivity index is 2.28. The quantitative estimate of drug-likeness (QED) is 0.794. The van der Waals surface area contributed by atoms with Gasteiger partial charge in [-0.15, -0.1) is 0 Å². The average Bonchev–Trinajstić information content (AvgIpc) is 2.33. The maximum Gasteiger partial charge on any atom is 0.264 e. The van der Waals surface area contributed by atoms with Crippen LogP contribution in [0.1, 0.15) is 16.1 Å². The molecule has 5 nitrogen and oxygen atoms in total. The zero-order valence-corrected chi connectivity index (χ0v) is 11.6. The highest BCUT2D eigenvalue weighted by molar-refractivity contribution is 9.10. The van der Waals surface area contributed by atoms with Gasteiger partial charge in [0.2, 0.25) is 0 Å². The van der Waals surface area contributed by atoms with E-state index in [-0.39, 0.29) is 17.1 Å². The highest BCUT2D eigenvalue weighted by Crippen LogP contribution is 2.27. The Morgan fingerprint density at radius 1 is 1.21 bits per heavy atom. The Morgan fingerprint density at radius 3 is 2.42 bits per heavy atom. The minimum atomic E-state index is -0.621. The summed E-state index contributed by atoms with van der Waals surface area (Å²) in [4.78, 5) is 16.1. The number of nitrogens with zero attached hydrogens (tertiary/aromatic N) is 1. The van der Waals surface area contributed by atoms with Gasteiger partial charge in [0, 0.05) is 4.47 Å². The van der Waals surface area contributed by atoms with Crippen molar-refractivity contribution >= 4 is 27.7 Å². The minimum absolute atomic E-state index is 0.176. The number of aryl methyl sites for hydroxylation is 1. The van der Waals surface area contributed by atoms with Gasteiger partial charge in [-0.05, 0) is 47.1 Å². The number of phenolic OH excluding ortho intramolecular Hbond substituents is 2. The summed E-state index contributed by atoms with van der Waals surface area (Å²) in [6, 6.07) is 7.47. The molecule has 1 heterocycles. The standard InChI is InChI=1S/C13H11BrN2O3/c1-7-8(14)5-6-11(15-7)16-13(19)12-9(17)3-2-4-10(12)18/h2-6,17-18H,1H3,(H,15,16,19). The molecule has 0 saturated carbocycles. The third-order valence-corrected chi connectivity index (χ3v) is 3.35. The number of aromatic nitrogens is 1. The van der Waals surface area contributed by atoms with Crippen LogP contribution in [0.25, 0.3) is 0 Å². The maximum absolute atomic E-state index is 12.0. The van der Waals surface area contributed by atoms with Gasteiger partial charge in [0.15, 0.2) is 0 Å². The lowest BCUT2D eigenvalue weighted by atomic mass is 10.1. The first-order chi connectivity index (χ1) is 8.99. The molecule has 19 heavy (non-hydrogen) atoms. The van der Waals surface area contributed by atoms with Gasteiger partial charge in [-0.25, -0.2) is 4.98 Å². The highest BCUT2D eigenvalue weighted by Gasteiger charge is 2.16. The van der Waals surface area contributed by atoms with Crippen molar-refractivity contribution in [3.63, 3.8) is 0 Å². The summed E-state index contributed by atoms with van der Waals surface area (Å²) in [7, 11) is 0. The smallest absolute Gasteiger partial charge is 0.264 e. The van der Waals surface area contributed by atoms with Crippen molar-refractivity contribution in [1.29, 1.82) is 0 Å². The molecule has 6 heteroatoms. The Morgan fingerprint density at radius 2 is 1.84 bits per heavy atom. The van der Waals surface area contributed by atoms with E-state index in [1.807, 2.05) is 0 Å². The molecule has 1 aromatic heterocycles. The van der Waals surface area contributed by atoms with Crippen LogP contribution in [0.5, 0.6) is 11.5 Å². The van der Waals surface area contributed by atoms with E-state index in [2.05, 4.69) is 26.2 Å². The van der Waals surface area contributed by atoms with Gasteiger partial charge in [0.05, 0.1) is 5.69 Å². The van der Waals surface area contributed by atoms with E-state index in [0.29, 0.717) is 5.82 Å². The summed E-state index contributed by atoms with van der Waals surface area (Å²) < 4.78 is 0.830. The summed E-state index contributed by atoms with van der Waals surface area (Å²) in [6.07, 6.45) is 0. The number of phenols is 2. The van der Waals surface area contributed by atoms with Crippen LogP contribution in [0, 0.1) is 6.92 Å². The fraction of sp³-hybridized carbons (Fsp3) is 0.0769. The van der Waals surface area contributed by atoms with Crippen molar-refractivity contribution in [2.24, 2.45) is 0 Å². The molecule has 0 spiro atoms. The number of nitrogens with one attached hydrogen (secondary N) is 1. The summed E-state index contributed by atoms with van der Waals surface area (Å²) in [6.45, 7) is 1.79. The molecule has 0 aliphatic rings. The number of hydrogen-bond donors (Lipinski definition) is 3. The number of carbonyl (C=O) groups excluding carboxylic acids is 1. The van der Waals surface area contributed by atoms with E-state index < -0.39 is 5.91 Å². The molecule has 1 aromatic carbocycles. The lowest BCUT2D eigenvalue weighted by Gasteiger charge is -2.08. The Hall–Kier alpha value is -2.08. The normalized spacial score (nSPS) is 10.2. The van der Waals surface area contributed by atoms with Gasteiger partial charge in [0.25, 0.3) is 5.91 Å². The third-order valence-electron chi connectivity index (χ3n) is 2.51. The topological polar surface area (TPSA) is 82.5 Å². The van der Waals surface area contributed by atoms with Gasteiger partial charge in [-0.1, -0.05) is 6.07 Å². The molecule has 0 fully saturated rings. The molecule has 98 valence electrons. The van der Waals surface area contributed by atoms with Crippen LogP contribution >= 0.6 is 15.9 Å². The highest BCUT2D eigenvalue weighted by atomic mass is 79.9. The maximum atomic E-state index is 12.0. The summed E-state index contributed by atoms with van der Waals surface area (Å²) in [5, 5.41) is 21.7. The zero-order chi connectivity index (χ0) is 14.0. The molecule has 0 aliphatic carbocycles. The van der Waals surface area contributed by atoms with Crippen molar-refractivity contribution in [1.82, 2.24) is 4.98 Å². The fourth-order valence-corrected chi connectivity index (χ4v) is 1.77. The lowest BCUT2D eigenvalue weighted by Crippen LogP contribution is -2.13. The second-order valence-electron chi connectivity index (χ2n) is 3.89. The van der Waals surface area contributed by atoms with Crippen LogP contribution in [0.15, 0.2) is 34.8 Å². The van der Waals surface area contributed by atoms with E-state index in [9.17, 15) is 15.0 Å². The summed E-state index contributed by atoms with van der Waals surface area (Å²) >= 11 is 3.31. The van der Waals surface area contributed by atoms with Crippen LogP contribution in [-0.4, -0.2) is 21.1 Å². The molecular weight excluding hydrogens is 312 g/mol. The average molecular weight is 323 g/mol. The molecule has 0 unspecified atom stereocenters. The molecule has 0 radical (unpaired) electrons. The fourth-order valence-electron chi connectivity index (χ4n) is 1.55. The SMILES string of the molecule is Cc1nc(NC(=O)c2c(O)cccc2O)ccc1Br. The predicted octanol–water partition coefficient (Wildman–Crippen LogP) is 2.82. The van der Waals surface area contributed by atoms with E-state index in [0.717, 1.165) is 10.2 Å². The van der Waals surface area contributed by atoms with E-state index in [4.69, 9.17) is 0 Å². The number of carbonyl (C=O) groups is 1. The lowest BCUT2D eigenvalue weighted by molar-refractivity contribution is 0.102. The number of hydrogen-bond acceptors (Lipinski definition) is 4. The van der Waals surface area contributed by atoms with E-state index >= 15 is 0 Å². The molecule has 0 atom stereocenters. The largest absolute Gasteiger partial charge is 0.507 e. The monoisotopic (exact) mass is 322 g/mol. The first kappa shape index (κ1) is 13.4. The zero-order valence-electron chi connectivity index (χ0n) is 10.0. The molecule has 0 bridgehead atoms. The molecule has 2 rings (SSSR count). The van der Waals surface area contributed by atoms with Gasteiger partial charge in [0.1, 0.15) is 22.9 Å². The van der Waals surface area contributed by atoms with Crippen molar-refractivity contribution in [2.75, 3.05) is 5.32 Å². The molecule has 3 N–H and O–H groups in total. The predicted molar refractivity (Wildman–Crippen MR) is 74.4 cm³/mol. The number of rotatable bonds is 2. The van der Waals surface area contributed by atoms with Gasteiger partial charge >= 0.3 is 0 Å². The van der Waals surface area contributed by atoms with Crippen LogP contribution in [0.2, 0.25) is 0 Å². The molecule has 0 saturated heterocycles. The first-order valence-electron chi connectivity index (χ1n) is 5.44. The number of aromatic hydroxyl groups is 2. The van der Waals surface area contributed by atoms with Crippen LogP contribution in [0.3, 0.4) is 0 Å². The van der Waals surface area contributed by atoms with Crippen molar-refractivity contribution in [2.45, 2.75) is 6.92 Å². The Labute approximate surface area is 118 Å². The molecular formula is C13H11BrN2O3. The third kappa shape index (κ3) is 2.85. The van der Waals surface area contributed by atoms with Gasteiger partial charge in [-0.2, -0.15) is 0 Å². The second-order valence-corrected chi connectivity index (χ2v) is 4.74. The summed E-state index contributed by atoms with van der Waals surface area (Å²) in [5.41, 5.74) is 0.546. The Bertz CT molecular complexity index is 624. The second kappa shape index (κ2) is 5.27. The van der Waals surface area contributed by atoms with Crippen molar-refractivity contribution < 1.29 is 15.0 Å². The number of benzene rings is 1. The van der Waals surface area contributed by atoms with Crippen molar-refractivity contribution in [3.05, 3.63) is 46.1 Å². The number of pyridine rings is 1. The van der Waals surface area contributed by atoms with E-state index in [1.165, 1.54) is 18.2 Å². The number of amides is 1. The number of halogens is 1. The van der Waals surface area contributed by atoms with Gasteiger partial charge < -0.3 is 15.5 Å². The number of anilines is 1. The minimum Gasteiger partial charge on any atom is -0.507 e. The Kier molecular flexibility index (Phi) is 3.71. The van der Waals surface area contributed by atoms with Crippen LogP contribution in [-0.2, 0) is 0 Å². The van der Waals surface area contributed by atoms with Crippen LogP contribution < -0.4 is 5.32 Å². The first-order valence-corrected chi connectivity index (χ1v) is 6.24. The molecule has 2 aromatic rings. The molecule has 0 aliphatic heterocycles. The molecule has 1 amide bonds. The van der Waals surface area contributed by atoms with Crippen molar-refractivity contribution in [3.8, 4) is 11.5 Å². The summed E-state index contributed by atoms with van der Waals surface area (Å²) in [5.74, 6) is -0.851. The van der Waals surface area contributed by atoms with Gasteiger partial charge in [-0.3, -0.25) is 4.79 Å². The van der Waals surface area contributed by atoms with E-state index in [1.54, 1.807) is 19.1 Å². The van der Waals surface area contributed by atoms with Crippen LogP contribution in [0.4, 0.5) is 5.82 Å².